The van der Waals surface area contributed by atoms with Gasteiger partial charge in [0.15, 0.2) is 0 Å². The van der Waals surface area contributed by atoms with Gasteiger partial charge in [-0.25, -0.2) is 0 Å². The highest BCUT2D eigenvalue weighted by molar-refractivity contribution is 6.31. The lowest BCUT2D eigenvalue weighted by Gasteiger charge is -2.33. The third-order valence-corrected chi connectivity index (χ3v) is 5.12. The van der Waals surface area contributed by atoms with E-state index in [1.807, 2.05) is 18.2 Å². The van der Waals surface area contributed by atoms with Crippen LogP contribution in [0, 0.1) is 5.92 Å². The zero-order valence-corrected chi connectivity index (χ0v) is 13.3. The van der Waals surface area contributed by atoms with Gasteiger partial charge in [0.2, 0.25) is 5.91 Å². The molecule has 2 saturated heterocycles. The molecule has 3 atom stereocenters. The summed E-state index contributed by atoms with van der Waals surface area (Å²) in [5.74, 6) is 0.495. The molecule has 114 valence electrons. The molecule has 2 heterocycles. The number of halogens is 1. The van der Waals surface area contributed by atoms with Crippen LogP contribution in [0.1, 0.15) is 44.2 Å². The molecule has 1 aromatic rings. The second-order valence-corrected chi connectivity index (χ2v) is 6.69. The fraction of sp³-hybridized carbons (Fsp3) is 0.588. The Bertz CT molecular complexity index is 519. The molecule has 0 bridgehead atoms. The standard InChI is InChI=1S/C17H23ClN2O/c1-12-11-13(8-9-19-12)17(21)20-10-4-7-16(20)14-5-2-3-6-15(14)18/h2-3,5-6,12-13,16,19H,4,7-11H2,1H3. The summed E-state index contributed by atoms with van der Waals surface area (Å²) in [6.07, 6.45) is 4.00. The van der Waals surface area contributed by atoms with Crippen LogP contribution in [0.15, 0.2) is 24.3 Å². The van der Waals surface area contributed by atoms with Crippen molar-refractivity contribution in [1.82, 2.24) is 10.2 Å². The summed E-state index contributed by atoms with van der Waals surface area (Å²) in [6.45, 7) is 3.98. The summed E-state index contributed by atoms with van der Waals surface area (Å²) < 4.78 is 0. The largest absolute Gasteiger partial charge is 0.335 e. The highest BCUT2D eigenvalue weighted by Crippen LogP contribution is 2.37. The van der Waals surface area contributed by atoms with Crippen LogP contribution in [0.25, 0.3) is 0 Å². The lowest BCUT2D eigenvalue weighted by molar-refractivity contribution is -0.137. The molecule has 1 aromatic carbocycles. The van der Waals surface area contributed by atoms with Crippen LogP contribution >= 0.6 is 11.6 Å². The van der Waals surface area contributed by atoms with Gasteiger partial charge in [-0.2, -0.15) is 0 Å². The second kappa shape index (κ2) is 6.37. The van der Waals surface area contributed by atoms with E-state index in [1.165, 1.54) is 0 Å². The van der Waals surface area contributed by atoms with Crippen LogP contribution in [0.5, 0.6) is 0 Å². The Kier molecular flexibility index (Phi) is 4.51. The number of amides is 1. The minimum atomic E-state index is 0.163. The maximum atomic E-state index is 12.9. The van der Waals surface area contributed by atoms with Crippen molar-refractivity contribution in [2.45, 2.75) is 44.7 Å². The first-order valence-electron chi connectivity index (χ1n) is 7.95. The van der Waals surface area contributed by atoms with Crippen molar-refractivity contribution in [3.05, 3.63) is 34.9 Å². The van der Waals surface area contributed by atoms with E-state index < -0.39 is 0 Å². The normalized spacial score (nSPS) is 29.6. The Morgan fingerprint density at radius 1 is 1.33 bits per heavy atom. The van der Waals surface area contributed by atoms with Crippen LogP contribution in [0.3, 0.4) is 0 Å². The molecule has 0 radical (unpaired) electrons. The van der Waals surface area contributed by atoms with E-state index in [0.29, 0.717) is 11.9 Å². The first kappa shape index (κ1) is 14.9. The number of hydrogen-bond donors (Lipinski definition) is 1. The van der Waals surface area contributed by atoms with Gasteiger partial charge in [0, 0.05) is 23.5 Å². The van der Waals surface area contributed by atoms with Crippen LogP contribution in [-0.4, -0.2) is 29.9 Å². The number of rotatable bonds is 2. The molecule has 0 spiro atoms. The quantitative estimate of drug-likeness (QED) is 0.908. The molecule has 0 aliphatic carbocycles. The first-order chi connectivity index (χ1) is 10.2. The van der Waals surface area contributed by atoms with Crippen molar-refractivity contribution < 1.29 is 4.79 Å². The lowest BCUT2D eigenvalue weighted by Crippen LogP contribution is -2.44. The van der Waals surface area contributed by atoms with Crippen LogP contribution in [0.2, 0.25) is 5.02 Å². The minimum absolute atomic E-state index is 0.163. The van der Waals surface area contributed by atoms with Gasteiger partial charge in [-0.05, 0) is 50.8 Å². The number of benzene rings is 1. The highest BCUT2D eigenvalue weighted by atomic mass is 35.5. The molecule has 3 unspecified atom stereocenters. The molecular weight excluding hydrogens is 284 g/mol. The maximum absolute atomic E-state index is 12.9. The average molecular weight is 307 g/mol. The van der Waals surface area contributed by atoms with Gasteiger partial charge in [-0.1, -0.05) is 29.8 Å². The van der Waals surface area contributed by atoms with Gasteiger partial charge in [-0.15, -0.1) is 0 Å². The lowest BCUT2D eigenvalue weighted by atomic mass is 9.91. The first-order valence-corrected chi connectivity index (χ1v) is 8.33. The average Bonchev–Trinajstić information content (AvgIpc) is 2.96. The van der Waals surface area contributed by atoms with Crippen LogP contribution in [0.4, 0.5) is 0 Å². The van der Waals surface area contributed by atoms with Crippen molar-refractivity contribution >= 4 is 17.5 Å². The summed E-state index contributed by atoms with van der Waals surface area (Å²) >= 11 is 6.34. The number of piperidine rings is 1. The third-order valence-electron chi connectivity index (χ3n) is 4.77. The molecule has 2 fully saturated rings. The Balaban J connectivity index is 1.77. The van der Waals surface area contributed by atoms with Crippen molar-refractivity contribution in [2.75, 3.05) is 13.1 Å². The molecule has 0 aromatic heterocycles. The van der Waals surface area contributed by atoms with Crippen LogP contribution < -0.4 is 5.32 Å². The van der Waals surface area contributed by atoms with E-state index in [4.69, 9.17) is 11.6 Å². The molecular formula is C17H23ClN2O. The second-order valence-electron chi connectivity index (χ2n) is 6.29. The van der Waals surface area contributed by atoms with Gasteiger partial charge in [-0.3, -0.25) is 4.79 Å². The minimum Gasteiger partial charge on any atom is -0.335 e. The smallest absolute Gasteiger partial charge is 0.226 e. The Hall–Kier alpha value is -1.06. The topological polar surface area (TPSA) is 32.3 Å². The van der Waals surface area contributed by atoms with Gasteiger partial charge in [0.05, 0.1) is 6.04 Å². The summed E-state index contributed by atoms with van der Waals surface area (Å²) in [6, 6.07) is 8.54. The Morgan fingerprint density at radius 3 is 2.90 bits per heavy atom. The molecule has 21 heavy (non-hydrogen) atoms. The Labute approximate surface area is 131 Å². The highest BCUT2D eigenvalue weighted by Gasteiger charge is 2.36. The molecule has 4 heteroatoms. The molecule has 2 aliphatic heterocycles. The molecule has 3 nitrogen and oxygen atoms in total. The van der Waals surface area contributed by atoms with Gasteiger partial charge >= 0.3 is 0 Å². The zero-order valence-electron chi connectivity index (χ0n) is 12.5. The fourth-order valence-corrected chi connectivity index (χ4v) is 3.95. The van der Waals surface area contributed by atoms with Crippen LogP contribution in [-0.2, 0) is 4.79 Å². The van der Waals surface area contributed by atoms with Gasteiger partial charge in [0.25, 0.3) is 0 Å². The van der Waals surface area contributed by atoms with Crippen molar-refractivity contribution in [1.29, 1.82) is 0 Å². The van der Waals surface area contributed by atoms with E-state index >= 15 is 0 Å². The van der Waals surface area contributed by atoms with Crippen molar-refractivity contribution in [3.8, 4) is 0 Å². The SMILES string of the molecule is CC1CC(C(=O)N2CCCC2c2ccccc2Cl)CCN1. The van der Waals surface area contributed by atoms with E-state index in [-0.39, 0.29) is 12.0 Å². The predicted molar refractivity (Wildman–Crippen MR) is 85.3 cm³/mol. The van der Waals surface area contributed by atoms with Gasteiger partial charge in [0.1, 0.15) is 0 Å². The number of carbonyl (C=O) groups excluding carboxylic acids is 1. The third kappa shape index (κ3) is 3.09. The molecule has 3 rings (SSSR count). The predicted octanol–water partition coefficient (Wildman–Crippen LogP) is 3.39. The summed E-state index contributed by atoms with van der Waals surface area (Å²) in [7, 11) is 0. The van der Waals surface area contributed by atoms with Crippen molar-refractivity contribution in [2.24, 2.45) is 5.92 Å². The van der Waals surface area contributed by atoms with E-state index in [1.54, 1.807) is 0 Å². The van der Waals surface area contributed by atoms with E-state index in [2.05, 4.69) is 23.2 Å². The van der Waals surface area contributed by atoms with Crippen molar-refractivity contribution in [3.63, 3.8) is 0 Å². The Morgan fingerprint density at radius 2 is 2.14 bits per heavy atom. The number of nitrogens with zero attached hydrogens (tertiary/aromatic N) is 1. The molecule has 2 aliphatic rings. The number of carbonyl (C=O) groups is 1. The monoisotopic (exact) mass is 306 g/mol. The molecule has 1 amide bonds. The maximum Gasteiger partial charge on any atom is 0.226 e. The summed E-state index contributed by atoms with van der Waals surface area (Å²) in [4.78, 5) is 15.0. The molecule has 1 N–H and O–H groups in total. The number of hydrogen-bond acceptors (Lipinski definition) is 2. The van der Waals surface area contributed by atoms with E-state index in [9.17, 15) is 4.79 Å². The summed E-state index contributed by atoms with van der Waals surface area (Å²) in [5.41, 5.74) is 1.10. The molecule has 0 saturated carbocycles. The summed E-state index contributed by atoms with van der Waals surface area (Å²) in [5, 5.41) is 4.20. The van der Waals surface area contributed by atoms with Gasteiger partial charge < -0.3 is 10.2 Å². The fourth-order valence-electron chi connectivity index (χ4n) is 3.69. The van der Waals surface area contributed by atoms with E-state index in [0.717, 1.165) is 49.4 Å². The number of nitrogens with one attached hydrogen (secondary N) is 1. The zero-order chi connectivity index (χ0) is 14.8. The number of likely N-dealkylation sites (tertiary alicyclic amines) is 1.